The van der Waals surface area contributed by atoms with E-state index in [4.69, 9.17) is 21.4 Å². The highest BCUT2D eigenvalue weighted by molar-refractivity contribution is 6.30. The van der Waals surface area contributed by atoms with Gasteiger partial charge in [0, 0.05) is 31.1 Å². The second-order valence-corrected chi connectivity index (χ2v) is 4.44. The van der Waals surface area contributed by atoms with E-state index >= 15 is 0 Å². The van der Waals surface area contributed by atoms with Crippen molar-refractivity contribution in [3.63, 3.8) is 0 Å². The Kier molecular flexibility index (Phi) is 3.82. The highest BCUT2D eigenvalue weighted by Gasteiger charge is 2.34. The van der Waals surface area contributed by atoms with E-state index in [0.717, 1.165) is 18.7 Å². The van der Waals surface area contributed by atoms with E-state index in [0.29, 0.717) is 18.1 Å². The lowest BCUT2D eigenvalue weighted by Gasteiger charge is -2.38. The Bertz CT molecular complexity index is 328. The maximum absolute atomic E-state index is 9.17. The number of nitrogens with one attached hydrogen (secondary N) is 1. The molecule has 0 unspecified atom stereocenters. The molecule has 16 heavy (non-hydrogen) atoms. The Balaban J connectivity index is 2.26. The number of aliphatic hydroxyl groups is 1. The molecule has 1 fully saturated rings. The molecule has 0 amide bonds. The zero-order valence-electron chi connectivity index (χ0n) is 9.08. The molecule has 1 heterocycles. The molecular formula is C12H16ClNO2. The van der Waals surface area contributed by atoms with E-state index in [1.165, 1.54) is 0 Å². The van der Waals surface area contributed by atoms with Crippen LogP contribution in [0.25, 0.3) is 0 Å². The van der Waals surface area contributed by atoms with Crippen LogP contribution in [0.3, 0.4) is 0 Å². The number of benzene rings is 1. The Morgan fingerprint density at radius 2 is 2.12 bits per heavy atom. The minimum Gasteiger partial charge on any atom is -0.396 e. The summed E-state index contributed by atoms with van der Waals surface area (Å²) in [5.41, 5.74) is 0.663. The maximum Gasteiger partial charge on any atom is 0.108 e. The molecule has 1 atom stereocenters. The third-order valence-electron chi connectivity index (χ3n) is 2.95. The van der Waals surface area contributed by atoms with Gasteiger partial charge in [0.25, 0.3) is 0 Å². The molecule has 0 aromatic heterocycles. The molecule has 1 aromatic rings. The molecule has 1 saturated heterocycles. The van der Waals surface area contributed by atoms with Crippen LogP contribution in [0.4, 0.5) is 0 Å². The summed E-state index contributed by atoms with van der Waals surface area (Å²) in [5.74, 6) is 0. The highest BCUT2D eigenvalue weighted by Crippen LogP contribution is 2.31. The van der Waals surface area contributed by atoms with E-state index in [-0.39, 0.29) is 6.61 Å². The molecule has 1 aliphatic rings. The van der Waals surface area contributed by atoms with Gasteiger partial charge in [0.15, 0.2) is 0 Å². The van der Waals surface area contributed by atoms with Crippen molar-refractivity contribution in [2.75, 3.05) is 26.3 Å². The molecule has 0 spiro atoms. The summed E-state index contributed by atoms with van der Waals surface area (Å²) in [5, 5.41) is 13.2. The van der Waals surface area contributed by atoms with Crippen LogP contribution < -0.4 is 5.32 Å². The van der Waals surface area contributed by atoms with E-state index in [9.17, 15) is 0 Å². The average molecular weight is 242 g/mol. The van der Waals surface area contributed by atoms with Crippen molar-refractivity contribution in [1.29, 1.82) is 0 Å². The van der Waals surface area contributed by atoms with E-state index in [1.54, 1.807) is 0 Å². The zero-order valence-corrected chi connectivity index (χ0v) is 9.83. The summed E-state index contributed by atoms with van der Waals surface area (Å²) >= 11 is 5.87. The standard InChI is InChI=1S/C12H16ClNO2/c13-11-3-1-10(2-4-11)12(5-7-15)9-14-6-8-16-12/h1-4,14-15H,5-9H2/t12-/m0/s1. The summed E-state index contributed by atoms with van der Waals surface area (Å²) in [6.07, 6.45) is 0.599. The lowest BCUT2D eigenvalue weighted by atomic mass is 9.89. The summed E-state index contributed by atoms with van der Waals surface area (Å²) in [7, 11) is 0. The van der Waals surface area contributed by atoms with E-state index in [2.05, 4.69) is 5.32 Å². The molecular weight excluding hydrogens is 226 g/mol. The first-order chi connectivity index (χ1) is 7.77. The van der Waals surface area contributed by atoms with Crippen LogP contribution in [-0.2, 0) is 10.3 Å². The second kappa shape index (κ2) is 5.15. The van der Waals surface area contributed by atoms with Gasteiger partial charge in [-0.3, -0.25) is 0 Å². The Morgan fingerprint density at radius 3 is 2.69 bits per heavy atom. The fourth-order valence-corrected chi connectivity index (χ4v) is 2.21. The van der Waals surface area contributed by atoms with Gasteiger partial charge in [0.2, 0.25) is 0 Å². The van der Waals surface area contributed by atoms with Gasteiger partial charge in [-0.15, -0.1) is 0 Å². The van der Waals surface area contributed by atoms with Gasteiger partial charge in [0.05, 0.1) is 6.61 Å². The lowest BCUT2D eigenvalue weighted by Crippen LogP contribution is -2.48. The molecule has 3 nitrogen and oxygen atoms in total. The average Bonchev–Trinajstić information content (AvgIpc) is 2.31. The first kappa shape index (κ1) is 11.9. The Labute approximate surface area is 100 Å². The predicted octanol–water partition coefficient (Wildman–Crippen LogP) is 1.54. The van der Waals surface area contributed by atoms with Crippen molar-refractivity contribution >= 4 is 11.6 Å². The number of hydrogen-bond acceptors (Lipinski definition) is 3. The molecule has 0 aliphatic carbocycles. The fraction of sp³-hybridized carbons (Fsp3) is 0.500. The summed E-state index contributed by atoms with van der Waals surface area (Å²) in [6.45, 7) is 2.38. The molecule has 88 valence electrons. The smallest absolute Gasteiger partial charge is 0.108 e. The minimum absolute atomic E-state index is 0.115. The van der Waals surface area contributed by atoms with Crippen LogP contribution in [0.5, 0.6) is 0 Å². The fourth-order valence-electron chi connectivity index (χ4n) is 2.08. The number of halogens is 1. The van der Waals surface area contributed by atoms with Crippen LogP contribution >= 0.6 is 11.6 Å². The highest BCUT2D eigenvalue weighted by atomic mass is 35.5. The van der Waals surface area contributed by atoms with Gasteiger partial charge in [-0.25, -0.2) is 0 Å². The normalized spacial score (nSPS) is 25.6. The van der Waals surface area contributed by atoms with Gasteiger partial charge in [-0.1, -0.05) is 23.7 Å². The molecule has 2 rings (SSSR count). The van der Waals surface area contributed by atoms with Crippen molar-refractivity contribution in [3.05, 3.63) is 34.9 Å². The maximum atomic E-state index is 9.17. The largest absolute Gasteiger partial charge is 0.396 e. The van der Waals surface area contributed by atoms with Crippen LogP contribution in [0.1, 0.15) is 12.0 Å². The second-order valence-electron chi connectivity index (χ2n) is 4.00. The van der Waals surface area contributed by atoms with Crippen LogP contribution in [0.2, 0.25) is 5.02 Å². The zero-order chi connectivity index (χ0) is 11.4. The van der Waals surface area contributed by atoms with Gasteiger partial charge >= 0.3 is 0 Å². The molecule has 1 aromatic carbocycles. The number of ether oxygens (including phenoxy) is 1. The van der Waals surface area contributed by atoms with Gasteiger partial charge in [0.1, 0.15) is 5.60 Å². The number of aliphatic hydroxyl groups excluding tert-OH is 1. The SMILES string of the molecule is OCC[C@@]1(c2ccc(Cl)cc2)CNCCO1. The third-order valence-corrected chi connectivity index (χ3v) is 3.21. The molecule has 0 radical (unpaired) electrons. The van der Waals surface area contributed by atoms with Crippen molar-refractivity contribution in [1.82, 2.24) is 5.32 Å². The van der Waals surface area contributed by atoms with Gasteiger partial charge in [-0.2, -0.15) is 0 Å². The van der Waals surface area contributed by atoms with Gasteiger partial charge < -0.3 is 15.2 Å². The number of rotatable bonds is 3. The van der Waals surface area contributed by atoms with Crippen LogP contribution in [-0.4, -0.2) is 31.4 Å². The topological polar surface area (TPSA) is 41.5 Å². The summed E-state index contributed by atoms with van der Waals surface area (Å²) < 4.78 is 5.87. The molecule has 0 bridgehead atoms. The van der Waals surface area contributed by atoms with Crippen molar-refractivity contribution in [3.8, 4) is 0 Å². The third kappa shape index (κ3) is 2.38. The molecule has 0 saturated carbocycles. The van der Waals surface area contributed by atoms with Crippen molar-refractivity contribution in [2.45, 2.75) is 12.0 Å². The molecule has 4 heteroatoms. The predicted molar refractivity (Wildman–Crippen MR) is 63.7 cm³/mol. The van der Waals surface area contributed by atoms with Crippen LogP contribution in [0, 0.1) is 0 Å². The Hall–Kier alpha value is -0.610. The summed E-state index contributed by atoms with van der Waals surface area (Å²) in [4.78, 5) is 0. The van der Waals surface area contributed by atoms with Gasteiger partial charge in [-0.05, 0) is 17.7 Å². The minimum atomic E-state index is -0.405. The molecule has 2 N–H and O–H groups in total. The lowest BCUT2D eigenvalue weighted by molar-refractivity contribution is -0.0839. The quantitative estimate of drug-likeness (QED) is 0.844. The van der Waals surface area contributed by atoms with E-state index < -0.39 is 5.60 Å². The number of morpholine rings is 1. The van der Waals surface area contributed by atoms with Crippen molar-refractivity contribution in [2.24, 2.45) is 0 Å². The van der Waals surface area contributed by atoms with Crippen molar-refractivity contribution < 1.29 is 9.84 Å². The summed E-state index contributed by atoms with van der Waals surface area (Å²) in [6, 6.07) is 7.64. The first-order valence-electron chi connectivity index (χ1n) is 5.48. The first-order valence-corrected chi connectivity index (χ1v) is 5.86. The Morgan fingerprint density at radius 1 is 1.38 bits per heavy atom. The number of hydrogen-bond donors (Lipinski definition) is 2. The van der Waals surface area contributed by atoms with E-state index in [1.807, 2.05) is 24.3 Å². The molecule has 1 aliphatic heterocycles. The monoisotopic (exact) mass is 241 g/mol. The van der Waals surface area contributed by atoms with Crippen LogP contribution in [0.15, 0.2) is 24.3 Å².